The molecule has 2 N–H and O–H groups in total. The maximum absolute atomic E-state index is 11.6. The third-order valence-electron chi connectivity index (χ3n) is 2.27. The smallest absolute Gasteiger partial charge is 0.328 e. The molecule has 0 spiro atoms. The average Bonchev–Trinajstić information content (AvgIpc) is 2.20. The summed E-state index contributed by atoms with van der Waals surface area (Å²) in [6.07, 6.45) is 0.644. The molecule has 0 aromatic heterocycles. The summed E-state index contributed by atoms with van der Waals surface area (Å²) in [5, 5.41) is 0. The molecule has 0 heterocycles. The van der Waals surface area contributed by atoms with E-state index in [0.717, 1.165) is 5.56 Å². The molecule has 0 saturated carbocycles. The number of ether oxygens (including phenoxy) is 1. The van der Waals surface area contributed by atoms with Gasteiger partial charge in [-0.15, -0.1) is 0 Å². The van der Waals surface area contributed by atoms with E-state index in [4.69, 9.17) is 10.5 Å². The lowest BCUT2D eigenvalue weighted by Crippen LogP contribution is -2.35. The van der Waals surface area contributed by atoms with Gasteiger partial charge < -0.3 is 10.5 Å². The lowest BCUT2D eigenvalue weighted by molar-refractivity contribution is -0.136. The van der Waals surface area contributed by atoms with Gasteiger partial charge in [-0.2, -0.15) is 0 Å². The van der Waals surface area contributed by atoms with Gasteiger partial charge in [-0.25, -0.2) is 4.79 Å². The quantitative estimate of drug-likeness (QED) is 0.627. The molecule has 16 heavy (non-hydrogen) atoms. The predicted molar refractivity (Wildman–Crippen MR) is 64.2 cm³/mol. The molecule has 0 radical (unpaired) electrons. The number of carbonyl (C=O) groups is 1. The fourth-order valence-corrected chi connectivity index (χ4v) is 1.40. The van der Waals surface area contributed by atoms with E-state index in [0.29, 0.717) is 18.1 Å². The number of nitrogens with two attached hydrogens (primary N) is 1. The minimum absolute atomic E-state index is 0.363. The van der Waals surface area contributed by atoms with Crippen LogP contribution in [-0.4, -0.2) is 12.0 Å². The third kappa shape index (κ3) is 4.03. The Labute approximate surface area is 96.6 Å². The Morgan fingerprint density at radius 1 is 1.31 bits per heavy atom. The minimum Gasteiger partial charge on any atom is -0.425 e. The Morgan fingerprint density at radius 2 is 1.88 bits per heavy atom. The number of carbonyl (C=O) groups excluding carboxylic acids is 1. The molecule has 1 atom stereocenters. The van der Waals surface area contributed by atoms with Gasteiger partial charge in [0.25, 0.3) is 0 Å². The monoisotopic (exact) mass is 221 g/mol. The molecule has 0 fully saturated rings. The number of rotatable bonds is 4. The number of aryl methyl sites for hydroxylation is 1. The molecule has 0 unspecified atom stereocenters. The Hall–Kier alpha value is -1.35. The van der Waals surface area contributed by atoms with Gasteiger partial charge in [0.2, 0.25) is 0 Å². The predicted octanol–water partition coefficient (Wildman–Crippen LogP) is 2.27. The maximum atomic E-state index is 11.6. The fraction of sp³-hybridized carbons (Fsp3) is 0.462. The van der Waals surface area contributed by atoms with Gasteiger partial charge in [0, 0.05) is 0 Å². The SMILES string of the molecule is Cc1ccc(OC(=O)[C@@H](N)CC(C)C)cc1. The van der Waals surface area contributed by atoms with Gasteiger partial charge in [-0.05, 0) is 31.4 Å². The molecule has 1 aromatic carbocycles. The van der Waals surface area contributed by atoms with Crippen LogP contribution in [-0.2, 0) is 4.79 Å². The first-order chi connectivity index (χ1) is 7.49. The molecule has 3 nitrogen and oxygen atoms in total. The van der Waals surface area contributed by atoms with Crippen LogP contribution < -0.4 is 10.5 Å². The van der Waals surface area contributed by atoms with Crippen LogP contribution in [0.25, 0.3) is 0 Å². The molecule has 3 heteroatoms. The molecule has 1 rings (SSSR count). The summed E-state index contributed by atoms with van der Waals surface area (Å²) in [6, 6.07) is 6.80. The molecule has 88 valence electrons. The Balaban J connectivity index is 2.54. The van der Waals surface area contributed by atoms with E-state index in [-0.39, 0.29) is 5.97 Å². The lowest BCUT2D eigenvalue weighted by atomic mass is 10.1. The molecular formula is C13H19NO2. The van der Waals surface area contributed by atoms with Crippen LogP contribution in [0, 0.1) is 12.8 Å². The van der Waals surface area contributed by atoms with Crippen molar-refractivity contribution in [2.24, 2.45) is 11.7 Å². The van der Waals surface area contributed by atoms with E-state index < -0.39 is 6.04 Å². The van der Waals surface area contributed by atoms with Gasteiger partial charge in [-0.3, -0.25) is 0 Å². The van der Waals surface area contributed by atoms with Crippen LogP contribution in [0.5, 0.6) is 5.75 Å². The second kappa shape index (κ2) is 5.66. The zero-order chi connectivity index (χ0) is 12.1. The molecule has 0 bridgehead atoms. The molecule has 0 amide bonds. The van der Waals surface area contributed by atoms with Gasteiger partial charge >= 0.3 is 5.97 Å². The number of hydrogen-bond acceptors (Lipinski definition) is 3. The third-order valence-corrected chi connectivity index (χ3v) is 2.27. The van der Waals surface area contributed by atoms with Crippen LogP contribution in [0.15, 0.2) is 24.3 Å². The highest BCUT2D eigenvalue weighted by molar-refractivity contribution is 5.77. The van der Waals surface area contributed by atoms with Crippen molar-refractivity contribution < 1.29 is 9.53 Å². The highest BCUT2D eigenvalue weighted by Crippen LogP contribution is 2.13. The standard InChI is InChI=1S/C13H19NO2/c1-9(2)8-12(14)13(15)16-11-6-4-10(3)5-7-11/h4-7,9,12H,8,14H2,1-3H3/t12-/m0/s1. The molecule has 0 saturated heterocycles. The molecule has 0 aliphatic carbocycles. The van der Waals surface area contributed by atoms with Crippen molar-refractivity contribution in [1.82, 2.24) is 0 Å². The Bertz CT molecular complexity index is 343. The highest BCUT2D eigenvalue weighted by Gasteiger charge is 2.16. The average molecular weight is 221 g/mol. The Kier molecular flexibility index (Phi) is 4.50. The van der Waals surface area contributed by atoms with Crippen molar-refractivity contribution in [2.45, 2.75) is 33.2 Å². The minimum atomic E-state index is -0.540. The summed E-state index contributed by atoms with van der Waals surface area (Å²) in [5.41, 5.74) is 6.85. The second-order valence-corrected chi connectivity index (χ2v) is 4.47. The van der Waals surface area contributed by atoms with Crippen molar-refractivity contribution in [3.8, 4) is 5.75 Å². The van der Waals surface area contributed by atoms with E-state index in [1.165, 1.54) is 0 Å². The van der Waals surface area contributed by atoms with Crippen molar-refractivity contribution >= 4 is 5.97 Å². The largest absolute Gasteiger partial charge is 0.425 e. The van der Waals surface area contributed by atoms with Gasteiger partial charge in [-0.1, -0.05) is 31.5 Å². The lowest BCUT2D eigenvalue weighted by Gasteiger charge is -2.13. The van der Waals surface area contributed by atoms with E-state index in [1.807, 2.05) is 32.9 Å². The van der Waals surface area contributed by atoms with Crippen LogP contribution >= 0.6 is 0 Å². The van der Waals surface area contributed by atoms with Crippen molar-refractivity contribution in [3.63, 3.8) is 0 Å². The Morgan fingerprint density at radius 3 is 2.38 bits per heavy atom. The van der Waals surface area contributed by atoms with Crippen LogP contribution in [0.3, 0.4) is 0 Å². The van der Waals surface area contributed by atoms with Crippen molar-refractivity contribution in [2.75, 3.05) is 0 Å². The van der Waals surface area contributed by atoms with Crippen molar-refractivity contribution in [1.29, 1.82) is 0 Å². The first-order valence-electron chi connectivity index (χ1n) is 5.53. The number of benzene rings is 1. The second-order valence-electron chi connectivity index (χ2n) is 4.47. The molecule has 0 aliphatic rings. The number of esters is 1. The van der Waals surface area contributed by atoms with Gasteiger partial charge in [0.15, 0.2) is 0 Å². The number of hydrogen-bond donors (Lipinski definition) is 1. The van der Waals surface area contributed by atoms with Gasteiger partial charge in [0.05, 0.1) is 0 Å². The fourth-order valence-electron chi connectivity index (χ4n) is 1.40. The van der Waals surface area contributed by atoms with Crippen molar-refractivity contribution in [3.05, 3.63) is 29.8 Å². The van der Waals surface area contributed by atoms with E-state index in [1.54, 1.807) is 12.1 Å². The summed E-state index contributed by atoms with van der Waals surface area (Å²) in [4.78, 5) is 11.6. The summed E-state index contributed by atoms with van der Waals surface area (Å²) in [7, 11) is 0. The molecule has 0 aliphatic heterocycles. The van der Waals surface area contributed by atoms with Crippen LogP contribution in [0.4, 0.5) is 0 Å². The topological polar surface area (TPSA) is 52.3 Å². The summed E-state index contributed by atoms with van der Waals surface area (Å²) in [5.74, 6) is 0.577. The van der Waals surface area contributed by atoms with E-state index >= 15 is 0 Å². The summed E-state index contributed by atoms with van der Waals surface area (Å²) >= 11 is 0. The first-order valence-corrected chi connectivity index (χ1v) is 5.53. The zero-order valence-electron chi connectivity index (χ0n) is 10.1. The van der Waals surface area contributed by atoms with Gasteiger partial charge in [0.1, 0.15) is 11.8 Å². The van der Waals surface area contributed by atoms with Crippen LogP contribution in [0.2, 0.25) is 0 Å². The molecular weight excluding hydrogens is 202 g/mol. The summed E-state index contributed by atoms with van der Waals surface area (Å²) < 4.78 is 5.17. The molecule has 1 aromatic rings. The normalized spacial score (nSPS) is 12.6. The van der Waals surface area contributed by atoms with E-state index in [9.17, 15) is 4.79 Å². The maximum Gasteiger partial charge on any atom is 0.328 e. The first kappa shape index (κ1) is 12.7. The summed E-state index contributed by atoms with van der Waals surface area (Å²) in [6.45, 7) is 6.04. The van der Waals surface area contributed by atoms with E-state index in [2.05, 4.69) is 0 Å². The highest BCUT2D eigenvalue weighted by atomic mass is 16.5. The zero-order valence-corrected chi connectivity index (χ0v) is 10.1. The van der Waals surface area contributed by atoms with Crippen LogP contribution in [0.1, 0.15) is 25.8 Å².